The molecular formula is C20H23F2NO2S. The summed E-state index contributed by atoms with van der Waals surface area (Å²) in [5.74, 6) is 0.684. The number of benzene rings is 2. The van der Waals surface area contributed by atoms with Crippen LogP contribution in [0.1, 0.15) is 41.2 Å². The molecule has 2 aromatic rings. The predicted octanol–water partition coefficient (Wildman–Crippen LogP) is 5.73. The van der Waals surface area contributed by atoms with Crippen LogP contribution in [0.2, 0.25) is 0 Å². The standard InChI is InChI=1S/C20H23F2NO2S/c1-5-14-9-13(3)18(10-12(14)2)25-11-16-15(19(21)22)7-6-8-17(16)23-20(26)24-4/h6-10,19H,5,11H2,1-4H3,(H,23,26). The maximum Gasteiger partial charge on any atom is 0.264 e. The van der Waals surface area contributed by atoms with Gasteiger partial charge in [-0.1, -0.05) is 25.1 Å². The molecular weight excluding hydrogens is 356 g/mol. The van der Waals surface area contributed by atoms with Gasteiger partial charge in [-0.2, -0.15) is 0 Å². The first-order chi connectivity index (χ1) is 12.4. The Kier molecular flexibility index (Phi) is 6.91. The van der Waals surface area contributed by atoms with E-state index in [1.165, 1.54) is 18.7 Å². The summed E-state index contributed by atoms with van der Waals surface area (Å²) in [6.07, 6.45) is -1.68. The quantitative estimate of drug-likeness (QED) is 0.650. The molecule has 6 heteroatoms. The second-order valence-corrected chi connectivity index (χ2v) is 6.35. The number of methoxy groups -OCH3 is 1. The van der Waals surface area contributed by atoms with E-state index in [9.17, 15) is 8.78 Å². The number of thiocarbonyl (C=S) groups is 1. The molecule has 1 N–H and O–H groups in total. The smallest absolute Gasteiger partial charge is 0.264 e. The minimum absolute atomic E-state index is 0.000919. The third kappa shape index (κ3) is 4.69. The van der Waals surface area contributed by atoms with E-state index in [-0.39, 0.29) is 17.3 Å². The number of nitrogens with one attached hydrogen (secondary N) is 1. The van der Waals surface area contributed by atoms with E-state index in [1.54, 1.807) is 12.1 Å². The summed E-state index contributed by atoms with van der Waals surface area (Å²) in [7, 11) is 1.42. The van der Waals surface area contributed by atoms with Crippen LogP contribution in [0.4, 0.5) is 14.5 Å². The van der Waals surface area contributed by atoms with Crippen molar-refractivity contribution < 1.29 is 18.3 Å². The van der Waals surface area contributed by atoms with Crippen molar-refractivity contribution in [3.63, 3.8) is 0 Å². The molecule has 26 heavy (non-hydrogen) atoms. The average Bonchev–Trinajstić information content (AvgIpc) is 2.62. The number of rotatable bonds is 6. The largest absolute Gasteiger partial charge is 0.489 e. The minimum Gasteiger partial charge on any atom is -0.489 e. The molecule has 0 aliphatic heterocycles. The summed E-state index contributed by atoms with van der Waals surface area (Å²) >= 11 is 4.99. The van der Waals surface area contributed by atoms with E-state index >= 15 is 0 Å². The average molecular weight is 379 g/mol. The van der Waals surface area contributed by atoms with E-state index in [0.29, 0.717) is 17.0 Å². The molecule has 0 saturated carbocycles. The first kappa shape index (κ1) is 20.1. The highest BCUT2D eigenvalue weighted by Crippen LogP contribution is 2.31. The van der Waals surface area contributed by atoms with Crippen molar-refractivity contribution in [2.45, 2.75) is 40.2 Å². The lowest BCUT2D eigenvalue weighted by atomic mass is 10.0. The van der Waals surface area contributed by atoms with Crippen molar-refractivity contribution in [3.05, 3.63) is 58.1 Å². The number of ether oxygens (including phenoxy) is 2. The second kappa shape index (κ2) is 8.94. The Morgan fingerprint density at radius 3 is 2.54 bits per heavy atom. The van der Waals surface area contributed by atoms with Gasteiger partial charge in [0.05, 0.1) is 7.11 Å². The van der Waals surface area contributed by atoms with Crippen molar-refractivity contribution in [2.75, 3.05) is 12.4 Å². The number of hydrogen-bond acceptors (Lipinski definition) is 3. The molecule has 0 aliphatic rings. The fourth-order valence-corrected chi connectivity index (χ4v) is 2.89. The van der Waals surface area contributed by atoms with Gasteiger partial charge in [-0.05, 0) is 61.3 Å². The molecule has 0 amide bonds. The van der Waals surface area contributed by atoms with Gasteiger partial charge in [0.25, 0.3) is 11.6 Å². The summed E-state index contributed by atoms with van der Waals surface area (Å²) in [4.78, 5) is 0. The highest BCUT2D eigenvalue weighted by molar-refractivity contribution is 7.80. The zero-order chi connectivity index (χ0) is 19.3. The maximum atomic E-state index is 13.4. The van der Waals surface area contributed by atoms with Crippen molar-refractivity contribution >= 4 is 23.1 Å². The third-order valence-corrected chi connectivity index (χ3v) is 4.52. The molecule has 0 bridgehead atoms. The van der Waals surface area contributed by atoms with E-state index in [0.717, 1.165) is 17.5 Å². The van der Waals surface area contributed by atoms with Gasteiger partial charge in [0.2, 0.25) is 0 Å². The summed E-state index contributed by atoms with van der Waals surface area (Å²) in [5, 5.41) is 2.94. The van der Waals surface area contributed by atoms with Gasteiger partial charge in [-0.25, -0.2) is 8.78 Å². The van der Waals surface area contributed by atoms with Crippen molar-refractivity contribution in [1.82, 2.24) is 0 Å². The van der Waals surface area contributed by atoms with Crippen LogP contribution in [0.3, 0.4) is 0 Å². The van der Waals surface area contributed by atoms with Crippen LogP contribution in [0.15, 0.2) is 30.3 Å². The Morgan fingerprint density at radius 2 is 1.92 bits per heavy atom. The Morgan fingerprint density at radius 1 is 1.19 bits per heavy atom. The van der Waals surface area contributed by atoms with Crippen LogP contribution in [0.25, 0.3) is 0 Å². The highest BCUT2D eigenvalue weighted by Gasteiger charge is 2.18. The van der Waals surface area contributed by atoms with Crippen LogP contribution >= 0.6 is 12.2 Å². The molecule has 0 aromatic heterocycles. The molecule has 2 rings (SSSR count). The first-order valence-corrected chi connectivity index (χ1v) is 8.76. The molecule has 3 nitrogen and oxygen atoms in total. The lowest BCUT2D eigenvalue weighted by Crippen LogP contribution is -2.14. The van der Waals surface area contributed by atoms with Gasteiger partial charge < -0.3 is 14.8 Å². The van der Waals surface area contributed by atoms with Crippen LogP contribution < -0.4 is 10.1 Å². The van der Waals surface area contributed by atoms with Crippen LogP contribution in [-0.2, 0) is 17.8 Å². The molecule has 0 heterocycles. The Bertz CT molecular complexity index is 794. The van der Waals surface area contributed by atoms with Crippen molar-refractivity contribution in [2.24, 2.45) is 0 Å². The maximum absolute atomic E-state index is 13.4. The molecule has 0 atom stereocenters. The van der Waals surface area contributed by atoms with Gasteiger partial charge in [0.15, 0.2) is 0 Å². The minimum atomic E-state index is -2.61. The number of aryl methyl sites for hydroxylation is 3. The molecule has 0 saturated heterocycles. The third-order valence-electron chi connectivity index (χ3n) is 4.26. The molecule has 0 spiro atoms. The van der Waals surface area contributed by atoms with Gasteiger partial charge >= 0.3 is 0 Å². The molecule has 0 unspecified atom stereocenters. The number of alkyl halides is 2. The summed E-state index contributed by atoms with van der Waals surface area (Å²) in [5.41, 5.74) is 4.06. The normalized spacial score (nSPS) is 10.7. The Labute approximate surface area is 158 Å². The number of halogens is 2. The number of anilines is 1. The van der Waals surface area contributed by atoms with Crippen molar-refractivity contribution in [3.8, 4) is 5.75 Å². The summed E-state index contributed by atoms with van der Waals surface area (Å²) < 4.78 is 37.7. The predicted molar refractivity (Wildman–Crippen MR) is 104 cm³/mol. The van der Waals surface area contributed by atoms with Gasteiger partial charge in [-0.3, -0.25) is 0 Å². The molecule has 140 valence electrons. The van der Waals surface area contributed by atoms with Gasteiger partial charge in [-0.15, -0.1) is 0 Å². The zero-order valence-electron chi connectivity index (χ0n) is 15.4. The van der Waals surface area contributed by atoms with Crippen LogP contribution in [-0.4, -0.2) is 12.3 Å². The highest BCUT2D eigenvalue weighted by atomic mass is 32.1. The fourth-order valence-electron chi connectivity index (χ4n) is 2.78. The van der Waals surface area contributed by atoms with E-state index < -0.39 is 6.43 Å². The molecule has 2 aromatic carbocycles. The van der Waals surface area contributed by atoms with Crippen LogP contribution in [0, 0.1) is 13.8 Å². The topological polar surface area (TPSA) is 30.5 Å². The first-order valence-electron chi connectivity index (χ1n) is 8.35. The molecule has 0 aliphatic carbocycles. The monoisotopic (exact) mass is 379 g/mol. The SMILES string of the molecule is CCc1cc(C)c(OCc2c(NC(=S)OC)cccc2C(F)F)cc1C. The van der Waals surface area contributed by atoms with Crippen LogP contribution in [0.5, 0.6) is 5.75 Å². The summed E-state index contributed by atoms with van der Waals surface area (Å²) in [6.45, 7) is 6.06. The van der Waals surface area contributed by atoms with E-state index in [4.69, 9.17) is 21.7 Å². The van der Waals surface area contributed by atoms with Crippen molar-refractivity contribution in [1.29, 1.82) is 0 Å². The molecule has 0 radical (unpaired) electrons. The fraction of sp³-hybridized carbons (Fsp3) is 0.350. The van der Waals surface area contributed by atoms with E-state index in [2.05, 4.69) is 18.3 Å². The van der Waals surface area contributed by atoms with Gasteiger partial charge in [0.1, 0.15) is 12.4 Å². The zero-order valence-corrected chi connectivity index (χ0v) is 16.2. The molecule has 0 fully saturated rings. The Hall–Kier alpha value is -2.21. The number of hydrogen-bond donors (Lipinski definition) is 1. The summed E-state index contributed by atoms with van der Waals surface area (Å²) in [6, 6.07) is 8.64. The Balaban J connectivity index is 2.33. The lowest BCUT2D eigenvalue weighted by molar-refractivity contribution is 0.148. The van der Waals surface area contributed by atoms with Gasteiger partial charge in [0, 0.05) is 16.8 Å². The van der Waals surface area contributed by atoms with E-state index in [1.807, 2.05) is 19.9 Å². The second-order valence-electron chi connectivity index (χ2n) is 5.98. The lowest BCUT2D eigenvalue weighted by Gasteiger charge is -2.18.